The minimum atomic E-state index is -0.337. The van der Waals surface area contributed by atoms with Gasteiger partial charge in [0.2, 0.25) is 5.89 Å². The van der Waals surface area contributed by atoms with E-state index < -0.39 is 0 Å². The number of carbonyl (C=O) groups is 1. The summed E-state index contributed by atoms with van der Waals surface area (Å²) < 4.78 is 20.9. The van der Waals surface area contributed by atoms with Crippen molar-refractivity contribution in [1.82, 2.24) is 24.9 Å². The van der Waals surface area contributed by atoms with E-state index in [9.17, 15) is 9.18 Å². The van der Waals surface area contributed by atoms with Crippen LogP contribution in [0.2, 0.25) is 0 Å². The van der Waals surface area contributed by atoms with Crippen molar-refractivity contribution in [3.05, 3.63) is 70.7 Å². The maximum absolute atomic E-state index is 13.2. The summed E-state index contributed by atoms with van der Waals surface area (Å²) in [6, 6.07) is 11.7. The van der Waals surface area contributed by atoms with Crippen LogP contribution in [-0.2, 0) is 20.0 Å². The maximum Gasteiger partial charge on any atom is 0.322 e. The molecule has 0 atom stereocenters. The average molecular weight is 446 g/mol. The first-order valence-corrected chi connectivity index (χ1v) is 10.7. The molecule has 33 heavy (non-hydrogen) atoms. The molecule has 1 N–H and O–H groups in total. The van der Waals surface area contributed by atoms with Crippen LogP contribution in [0.15, 0.2) is 46.9 Å². The second kappa shape index (κ2) is 8.16. The third-order valence-electron chi connectivity index (χ3n) is 5.88. The van der Waals surface area contributed by atoms with E-state index in [1.165, 1.54) is 12.1 Å². The van der Waals surface area contributed by atoms with Crippen molar-refractivity contribution in [2.24, 2.45) is 7.05 Å². The monoisotopic (exact) mass is 446 g/mol. The average Bonchev–Trinajstić information content (AvgIpc) is 3.41. The summed E-state index contributed by atoms with van der Waals surface area (Å²) in [6.45, 7) is 4.92. The van der Waals surface area contributed by atoms with Crippen molar-refractivity contribution in [3.8, 4) is 23.0 Å². The van der Waals surface area contributed by atoms with E-state index in [2.05, 4.69) is 20.6 Å². The molecule has 0 radical (unpaired) electrons. The zero-order valence-electron chi connectivity index (χ0n) is 18.6. The van der Waals surface area contributed by atoms with Gasteiger partial charge in [-0.1, -0.05) is 12.1 Å². The molecule has 2 amide bonds. The van der Waals surface area contributed by atoms with Crippen LogP contribution in [-0.4, -0.2) is 37.5 Å². The topological polar surface area (TPSA) is 89.1 Å². The second-order valence-corrected chi connectivity index (χ2v) is 8.24. The number of urea groups is 1. The first kappa shape index (κ1) is 20.9. The number of carbonyl (C=O) groups excluding carboxylic acids is 1. The van der Waals surface area contributed by atoms with Crippen molar-refractivity contribution in [3.63, 3.8) is 0 Å². The summed E-state index contributed by atoms with van der Waals surface area (Å²) in [5.74, 6) is 0.212. The molecule has 1 aliphatic heterocycles. The summed E-state index contributed by atoms with van der Waals surface area (Å²) in [5.41, 5.74) is 5.98. The van der Waals surface area contributed by atoms with Gasteiger partial charge in [0.15, 0.2) is 5.69 Å². The Morgan fingerprint density at radius 2 is 1.85 bits per heavy atom. The summed E-state index contributed by atoms with van der Waals surface area (Å²) in [7, 11) is 1.87. The number of rotatable bonds is 3. The predicted molar refractivity (Wildman–Crippen MR) is 121 cm³/mol. The van der Waals surface area contributed by atoms with E-state index in [-0.39, 0.29) is 23.6 Å². The minimum Gasteiger partial charge on any atom is -0.415 e. The molecule has 3 heterocycles. The van der Waals surface area contributed by atoms with Crippen molar-refractivity contribution >= 4 is 11.7 Å². The van der Waals surface area contributed by atoms with E-state index in [4.69, 9.17) is 4.42 Å². The normalized spacial score (nSPS) is 13.2. The van der Waals surface area contributed by atoms with E-state index in [0.717, 1.165) is 28.1 Å². The molecule has 0 saturated carbocycles. The lowest BCUT2D eigenvalue weighted by atomic mass is 10.1. The lowest BCUT2D eigenvalue weighted by Crippen LogP contribution is -2.39. The van der Waals surface area contributed by atoms with Gasteiger partial charge >= 0.3 is 6.03 Å². The Morgan fingerprint density at radius 3 is 2.64 bits per heavy atom. The zero-order valence-corrected chi connectivity index (χ0v) is 18.6. The maximum atomic E-state index is 13.2. The Labute approximate surface area is 190 Å². The fourth-order valence-corrected chi connectivity index (χ4v) is 4.03. The minimum absolute atomic E-state index is 0.165. The number of fused-ring (bicyclic) bond motifs is 1. The standard InChI is InChI=1S/C24H23FN6O2/c1-14-4-5-15(2)19(12-14)26-24(32)31-11-10-20-18(13-31)21(29-30(20)3)23-28-27-22(33-23)16-6-8-17(25)9-7-16/h4-9,12H,10-11,13H2,1-3H3,(H,26,32). The van der Waals surface area contributed by atoms with E-state index in [1.54, 1.807) is 21.7 Å². The number of nitrogens with zero attached hydrogens (tertiary/aromatic N) is 5. The van der Waals surface area contributed by atoms with E-state index in [1.807, 2.05) is 39.1 Å². The summed E-state index contributed by atoms with van der Waals surface area (Å²) in [6.07, 6.45) is 0.665. The van der Waals surface area contributed by atoms with Crippen molar-refractivity contribution in [1.29, 1.82) is 0 Å². The molecule has 5 rings (SSSR count). The Bertz CT molecular complexity index is 1340. The number of aryl methyl sites for hydroxylation is 3. The number of benzene rings is 2. The molecule has 0 unspecified atom stereocenters. The number of amides is 2. The first-order chi connectivity index (χ1) is 15.9. The zero-order chi connectivity index (χ0) is 23.1. The van der Waals surface area contributed by atoms with Crippen molar-refractivity contribution < 1.29 is 13.6 Å². The van der Waals surface area contributed by atoms with Crippen LogP contribution in [0.1, 0.15) is 22.4 Å². The predicted octanol–water partition coefficient (Wildman–Crippen LogP) is 4.48. The Morgan fingerprint density at radius 1 is 1.09 bits per heavy atom. The molecular weight excluding hydrogens is 423 g/mol. The Balaban J connectivity index is 1.40. The summed E-state index contributed by atoms with van der Waals surface area (Å²) in [5, 5.41) is 15.9. The lowest BCUT2D eigenvalue weighted by Gasteiger charge is -2.28. The molecular formula is C24H23FN6O2. The third-order valence-corrected chi connectivity index (χ3v) is 5.88. The van der Waals surface area contributed by atoms with Crippen molar-refractivity contribution in [2.75, 3.05) is 11.9 Å². The number of aromatic nitrogens is 4. The fourth-order valence-electron chi connectivity index (χ4n) is 4.03. The molecule has 8 nitrogen and oxygen atoms in total. The molecule has 0 aliphatic carbocycles. The van der Waals surface area contributed by atoms with E-state index >= 15 is 0 Å². The summed E-state index contributed by atoms with van der Waals surface area (Å²) >= 11 is 0. The van der Waals surface area contributed by atoms with Gasteiger partial charge in [0.1, 0.15) is 5.82 Å². The molecule has 4 aromatic rings. The molecule has 0 spiro atoms. The molecule has 0 fully saturated rings. The van der Waals surface area contributed by atoms with Crippen LogP contribution in [0.5, 0.6) is 0 Å². The molecule has 9 heteroatoms. The molecule has 2 aromatic carbocycles. The molecule has 2 aromatic heterocycles. The van der Waals surface area contributed by atoms with E-state index in [0.29, 0.717) is 30.8 Å². The SMILES string of the molecule is Cc1ccc(C)c(NC(=O)N2CCc3c(c(-c4nnc(-c5ccc(F)cc5)o4)nn3C)C2)c1. The summed E-state index contributed by atoms with van der Waals surface area (Å²) in [4.78, 5) is 14.8. The highest BCUT2D eigenvalue weighted by atomic mass is 19.1. The van der Waals surface area contributed by atoms with Gasteiger partial charge in [0.05, 0.1) is 6.54 Å². The highest BCUT2D eigenvalue weighted by Crippen LogP contribution is 2.31. The smallest absolute Gasteiger partial charge is 0.322 e. The highest BCUT2D eigenvalue weighted by Gasteiger charge is 2.29. The lowest BCUT2D eigenvalue weighted by molar-refractivity contribution is 0.206. The number of hydrogen-bond donors (Lipinski definition) is 1. The van der Waals surface area contributed by atoms with Gasteiger partial charge < -0.3 is 14.6 Å². The quantitative estimate of drug-likeness (QED) is 0.501. The molecule has 1 aliphatic rings. The Kier molecular flexibility index (Phi) is 5.16. The first-order valence-electron chi connectivity index (χ1n) is 10.7. The molecule has 168 valence electrons. The van der Waals surface area contributed by atoms with Gasteiger partial charge in [-0.25, -0.2) is 9.18 Å². The van der Waals surface area contributed by atoms with Gasteiger partial charge in [-0.3, -0.25) is 4.68 Å². The van der Waals surface area contributed by atoms with Crippen LogP contribution in [0.4, 0.5) is 14.9 Å². The number of halogens is 1. The van der Waals surface area contributed by atoms with Crippen LogP contribution < -0.4 is 5.32 Å². The van der Waals surface area contributed by atoms with Crippen LogP contribution >= 0.6 is 0 Å². The van der Waals surface area contributed by atoms with Crippen LogP contribution in [0.25, 0.3) is 23.0 Å². The van der Waals surface area contributed by atoms with Gasteiger partial charge in [-0.2, -0.15) is 5.10 Å². The van der Waals surface area contributed by atoms with Gasteiger partial charge in [0, 0.05) is 42.5 Å². The Hall–Kier alpha value is -4.01. The fraction of sp³-hybridized carbons (Fsp3) is 0.250. The van der Waals surface area contributed by atoms with Gasteiger partial charge in [0.25, 0.3) is 5.89 Å². The van der Waals surface area contributed by atoms with Gasteiger partial charge in [-0.05, 0) is 55.3 Å². The molecule has 0 saturated heterocycles. The number of hydrogen-bond acceptors (Lipinski definition) is 5. The number of nitrogens with one attached hydrogen (secondary N) is 1. The number of anilines is 1. The second-order valence-electron chi connectivity index (χ2n) is 8.24. The highest BCUT2D eigenvalue weighted by molar-refractivity contribution is 5.90. The van der Waals surface area contributed by atoms with Gasteiger partial charge in [-0.15, -0.1) is 10.2 Å². The van der Waals surface area contributed by atoms with Crippen LogP contribution in [0, 0.1) is 19.7 Å². The molecule has 0 bridgehead atoms. The third kappa shape index (κ3) is 3.97. The largest absolute Gasteiger partial charge is 0.415 e. The van der Waals surface area contributed by atoms with Crippen LogP contribution in [0.3, 0.4) is 0 Å². The van der Waals surface area contributed by atoms with Crippen molar-refractivity contribution in [2.45, 2.75) is 26.8 Å².